The Labute approximate surface area is 131 Å². The van der Waals surface area contributed by atoms with Crippen molar-refractivity contribution in [2.45, 2.75) is 31.6 Å². The lowest BCUT2D eigenvalue weighted by Crippen LogP contribution is -2.44. The van der Waals surface area contributed by atoms with Gasteiger partial charge in [-0.25, -0.2) is 4.39 Å². The molecule has 0 aromatic heterocycles. The van der Waals surface area contributed by atoms with Crippen LogP contribution >= 0.6 is 0 Å². The molecule has 3 rings (SSSR count). The highest BCUT2D eigenvalue weighted by Crippen LogP contribution is 2.22. The fraction of sp³-hybridized carbons (Fsp3) is 0.647. The molecule has 0 N–H and O–H groups in total. The van der Waals surface area contributed by atoms with Gasteiger partial charge in [0.25, 0.3) is 0 Å². The second kappa shape index (κ2) is 7.40. The summed E-state index contributed by atoms with van der Waals surface area (Å²) in [5.41, 5.74) is 1.12. The number of hydrogen-bond acceptors (Lipinski definition) is 4. The maximum Gasteiger partial charge on any atom is 0.159 e. The molecule has 0 saturated carbocycles. The van der Waals surface area contributed by atoms with Crippen LogP contribution < -0.4 is 4.90 Å². The van der Waals surface area contributed by atoms with Crippen LogP contribution in [0.2, 0.25) is 0 Å². The van der Waals surface area contributed by atoms with Crippen LogP contribution in [0.1, 0.15) is 19.3 Å². The van der Waals surface area contributed by atoms with Crippen LogP contribution in [0.25, 0.3) is 0 Å². The molecule has 22 heavy (non-hydrogen) atoms. The molecule has 0 aliphatic carbocycles. The van der Waals surface area contributed by atoms with E-state index in [0.29, 0.717) is 6.04 Å². The maximum absolute atomic E-state index is 13.0. The number of piperidine rings is 1. The van der Waals surface area contributed by atoms with Crippen molar-refractivity contribution < 1.29 is 13.9 Å². The highest BCUT2D eigenvalue weighted by Gasteiger charge is 2.24. The standard InChI is InChI=1S/C17H25FN2O2/c1-19(9-8-17-21-12-13-22-17)15-6-10-20(11-7-15)16-4-2-14(18)3-5-16/h2-5,15,17H,6-13H2,1H3. The van der Waals surface area contributed by atoms with Crippen LogP contribution in [0.3, 0.4) is 0 Å². The third-order valence-electron chi connectivity index (χ3n) is 4.69. The van der Waals surface area contributed by atoms with Crippen molar-refractivity contribution in [3.8, 4) is 0 Å². The normalized spacial score (nSPS) is 21.0. The van der Waals surface area contributed by atoms with E-state index in [0.717, 1.165) is 57.8 Å². The zero-order valence-electron chi connectivity index (χ0n) is 13.2. The molecular weight excluding hydrogens is 283 g/mol. The first kappa shape index (κ1) is 15.7. The highest BCUT2D eigenvalue weighted by molar-refractivity contribution is 5.46. The predicted molar refractivity (Wildman–Crippen MR) is 84.6 cm³/mol. The monoisotopic (exact) mass is 308 g/mol. The van der Waals surface area contributed by atoms with E-state index in [-0.39, 0.29) is 12.1 Å². The van der Waals surface area contributed by atoms with Gasteiger partial charge < -0.3 is 19.3 Å². The fourth-order valence-electron chi connectivity index (χ4n) is 3.28. The molecule has 0 bridgehead atoms. The number of nitrogens with zero attached hydrogens (tertiary/aromatic N) is 2. The van der Waals surface area contributed by atoms with Gasteiger partial charge in [-0.15, -0.1) is 0 Å². The molecule has 0 spiro atoms. The molecule has 2 saturated heterocycles. The average Bonchev–Trinajstić information content (AvgIpc) is 3.07. The molecule has 0 radical (unpaired) electrons. The molecule has 5 heteroatoms. The largest absolute Gasteiger partial charge is 0.371 e. The minimum absolute atomic E-state index is 0.0123. The van der Waals surface area contributed by atoms with Crippen LogP contribution in [0.5, 0.6) is 0 Å². The van der Waals surface area contributed by atoms with Crippen molar-refractivity contribution in [1.29, 1.82) is 0 Å². The first-order valence-corrected chi connectivity index (χ1v) is 8.16. The minimum Gasteiger partial charge on any atom is -0.371 e. The van der Waals surface area contributed by atoms with E-state index >= 15 is 0 Å². The molecule has 2 aliphatic rings. The molecule has 2 heterocycles. The molecular formula is C17H25FN2O2. The highest BCUT2D eigenvalue weighted by atomic mass is 19.1. The molecule has 4 nitrogen and oxygen atoms in total. The van der Waals surface area contributed by atoms with E-state index in [1.165, 1.54) is 12.1 Å². The van der Waals surface area contributed by atoms with Crippen LogP contribution in [-0.2, 0) is 9.47 Å². The molecule has 1 aromatic carbocycles. The Morgan fingerprint density at radius 1 is 1.14 bits per heavy atom. The fourth-order valence-corrected chi connectivity index (χ4v) is 3.28. The van der Waals surface area contributed by atoms with E-state index in [1.807, 2.05) is 12.1 Å². The first-order chi connectivity index (χ1) is 10.7. The molecule has 2 fully saturated rings. The van der Waals surface area contributed by atoms with Crippen molar-refractivity contribution in [2.75, 3.05) is 44.8 Å². The van der Waals surface area contributed by atoms with Crippen LogP contribution in [0.4, 0.5) is 10.1 Å². The lowest BCUT2D eigenvalue weighted by atomic mass is 10.0. The first-order valence-electron chi connectivity index (χ1n) is 8.16. The summed E-state index contributed by atoms with van der Waals surface area (Å²) in [4.78, 5) is 4.76. The van der Waals surface area contributed by atoms with Crippen LogP contribution in [-0.4, -0.2) is 57.1 Å². The van der Waals surface area contributed by atoms with Crippen LogP contribution in [0, 0.1) is 5.82 Å². The lowest BCUT2D eigenvalue weighted by Gasteiger charge is -2.38. The zero-order chi connectivity index (χ0) is 15.4. The van der Waals surface area contributed by atoms with E-state index in [1.54, 1.807) is 0 Å². The second-order valence-electron chi connectivity index (χ2n) is 6.14. The summed E-state index contributed by atoms with van der Waals surface area (Å²) >= 11 is 0. The Bertz CT molecular complexity index is 454. The molecule has 0 atom stereocenters. The number of halogens is 1. The van der Waals surface area contributed by atoms with Gasteiger partial charge in [0.15, 0.2) is 6.29 Å². The Hall–Kier alpha value is -1.17. The van der Waals surface area contributed by atoms with Gasteiger partial charge in [0.1, 0.15) is 5.82 Å². The van der Waals surface area contributed by atoms with Crippen molar-refractivity contribution in [3.05, 3.63) is 30.1 Å². The summed E-state index contributed by atoms with van der Waals surface area (Å²) in [6.45, 7) is 4.51. The molecule has 1 aromatic rings. The van der Waals surface area contributed by atoms with Gasteiger partial charge in [-0.2, -0.15) is 0 Å². The van der Waals surface area contributed by atoms with E-state index in [4.69, 9.17) is 9.47 Å². The molecule has 122 valence electrons. The minimum atomic E-state index is -0.172. The van der Waals surface area contributed by atoms with Crippen molar-refractivity contribution in [2.24, 2.45) is 0 Å². The van der Waals surface area contributed by atoms with E-state index in [2.05, 4.69) is 16.8 Å². The SMILES string of the molecule is CN(CCC1OCCO1)C1CCN(c2ccc(F)cc2)CC1. The summed E-state index contributed by atoms with van der Waals surface area (Å²) in [7, 11) is 2.19. The van der Waals surface area contributed by atoms with Gasteiger partial charge in [0.2, 0.25) is 0 Å². The molecule has 0 unspecified atom stereocenters. The van der Waals surface area contributed by atoms with E-state index in [9.17, 15) is 4.39 Å². The number of anilines is 1. The number of benzene rings is 1. The Morgan fingerprint density at radius 3 is 2.41 bits per heavy atom. The Kier molecular flexibility index (Phi) is 5.28. The summed E-state index contributed by atoms with van der Waals surface area (Å²) in [6.07, 6.45) is 3.21. The number of ether oxygens (including phenoxy) is 2. The number of rotatable bonds is 5. The quantitative estimate of drug-likeness (QED) is 0.834. The molecule has 2 aliphatic heterocycles. The Balaban J connectivity index is 1.43. The summed E-state index contributed by atoms with van der Waals surface area (Å²) in [5, 5.41) is 0. The lowest BCUT2D eigenvalue weighted by molar-refractivity contribution is -0.0524. The summed E-state index contributed by atoms with van der Waals surface area (Å²) in [6, 6.07) is 7.42. The van der Waals surface area contributed by atoms with Crippen molar-refractivity contribution in [1.82, 2.24) is 4.90 Å². The van der Waals surface area contributed by atoms with Gasteiger partial charge in [-0.05, 0) is 44.2 Å². The van der Waals surface area contributed by atoms with Crippen LogP contribution in [0.15, 0.2) is 24.3 Å². The van der Waals surface area contributed by atoms with Gasteiger partial charge in [0, 0.05) is 37.8 Å². The summed E-state index contributed by atoms with van der Waals surface area (Å²) in [5.74, 6) is -0.172. The zero-order valence-corrected chi connectivity index (χ0v) is 13.2. The van der Waals surface area contributed by atoms with Crippen molar-refractivity contribution >= 4 is 5.69 Å². The van der Waals surface area contributed by atoms with Gasteiger partial charge in [-0.1, -0.05) is 0 Å². The van der Waals surface area contributed by atoms with Gasteiger partial charge in [0.05, 0.1) is 13.2 Å². The third kappa shape index (κ3) is 3.97. The third-order valence-corrected chi connectivity index (χ3v) is 4.69. The topological polar surface area (TPSA) is 24.9 Å². The molecule has 0 amide bonds. The summed E-state index contributed by atoms with van der Waals surface area (Å²) < 4.78 is 24.0. The van der Waals surface area contributed by atoms with Crippen molar-refractivity contribution in [3.63, 3.8) is 0 Å². The van der Waals surface area contributed by atoms with Gasteiger partial charge in [-0.3, -0.25) is 0 Å². The van der Waals surface area contributed by atoms with E-state index < -0.39 is 0 Å². The average molecular weight is 308 g/mol. The maximum atomic E-state index is 13.0. The smallest absolute Gasteiger partial charge is 0.159 e. The van der Waals surface area contributed by atoms with Gasteiger partial charge >= 0.3 is 0 Å². The Morgan fingerprint density at radius 2 is 1.77 bits per heavy atom. The number of hydrogen-bond donors (Lipinski definition) is 0. The predicted octanol–water partition coefficient (Wildman–Crippen LogP) is 2.49. The second-order valence-corrected chi connectivity index (χ2v) is 6.14.